The zero-order valence-corrected chi connectivity index (χ0v) is 32.1. The third kappa shape index (κ3) is 4.90. The summed E-state index contributed by atoms with van der Waals surface area (Å²) in [5.41, 5.74) is 9.78. The molecule has 1 nitrogen and oxygen atoms in total. The molecule has 0 aromatic heterocycles. The normalized spacial score (nSPS) is 11.9. The number of fused-ring (bicyclic) bond motifs is 5. The molecule has 1 heteroatoms. The first-order valence-corrected chi connectivity index (χ1v) is 20.2. The van der Waals surface area contributed by atoms with Crippen molar-refractivity contribution >= 4 is 92.5 Å². The molecule has 0 N–H and O–H groups in total. The molecule has 0 aliphatic heterocycles. The van der Waals surface area contributed by atoms with E-state index in [0.717, 1.165) is 11.4 Å². The van der Waals surface area contributed by atoms with Crippen LogP contribution in [0.25, 0.3) is 97.7 Å². The Balaban J connectivity index is 1.08. The van der Waals surface area contributed by atoms with Crippen LogP contribution in [0.5, 0.6) is 0 Å². The highest BCUT2D eigenvalue weighted by atomic mass is 15.1. The van der Waals surface area contributed by atoms with Crippen molar-refractivity contribution in [2.45, 2.75) is 6.92 Å². The van der Waals surface area contributed by atoms with Crippen LogP contribution < -0.4 is 4.90 Å². The first-order chi connectivity index (χ1) is 28.7. The summed E-state index contributed by atoms with van der Waals surface area (Å²) in [6.45, 7) is 2.26. The maximum absolute atomic E-state index is 2.44. The van der Waals surface area contributed by atoms with Gasteiger partial charge in [-0.2, -0.15) is 0 Å². The van der Waals surface area contributed by atoms with Gasteiger partial charge in [0.2, 0.25) is 0 Å². The van der Waals surface area contributed by atoms with Crippen molar-refractivity contribution < 1.29 is 0 Å². The lowest BCUT2D eigenvalue weighted by Gasteiger charge is -2.28. The van der Waals surface area contributed by atoms with Crippen molar-refractivity contribution in [1.29, 1.82) is 0 Å². The van der Waals surface area contributed by atoms with Crippen molar-refractivity contribution in [3.05, 3.63) is 212 Å². The Morgan fingerprint density at radius 3 is 1.52 bits per heavy atom. The average molecular weight is 736 g/mol. The van der Waals surface area contributed by atoms with E-state index >= 15 is 0 Å². The Bertz CT molecular complexity index is 3490. The highest BCUT2D eigenvalue weighted by Crippen LogP contribution is 2.47. The largest absolute Gasteiger partial charge is 0.310 e. The van der Waals surface area contributed by atoms with Gasteiger partial charge in [-0.25, -0.2) is 0 Å². The summed E-state index contributed by atoms with van der Waals surface area (Å²) in [4.78, 5) is 2.43. The summed E-state index contributed by atoms with van der Waals surface area (Å²) < 4.78 is 0. The molecule has 0 radical (unpaired) electrons. The second kappa shape index (κ2) is 12.8. The van der Waals surface area contributed by atoms with E-state index in [1.807, 2.05) is 0 Å². The molecule has 58 heavy (non-hydrogen) atoms. The fraction of sp³-hybridized carbons (Fsp3) is 0.0175. The molecule has 0 aliphatic rings. The van der Waals surface area contributed by atoms with E-state index in [0.29, 0.717) is 0 Å². The molecule has 0 bridgehead atoms. The minimum absolute atomic E-state index is 1.13. The van der Waals surface area contributed by atoms with Crippen LogP contribution in [0.4, 0.5) is 17.1 Å². The number of aryl methyl sites for hydroxylation is 1. The van der Waals surface area contributed by atoms with Gasteiger partial charge in [0, 0.05) is 16.8 Å². The standard InChI is InChI=1S/C57H37N/c1-36-33-42(56-49-21-10-8-19-47(49)55(37-13-4-2-5-14-37)48-20-9-11-22-50(48)56)35-52-45(36)29-26-41-34-44(28-31-46(41)52)58(43-17-6-3-7-18-43)53-32-27-40-24-23-38-15-12-16-39-25-30-51(53)57(40)54(38)39/h2-35H,1H3. The molecule has 0 atom stereocenters. The SMILES string of the molecule is Cc1cc(-c2c3ccccc3c(-c3ccccc3)c3ccccc23)cc2c1ccc1cc(N(c3ccccc3)c3ccc4ccc5cccc6ccc3c4c56)ccc12. The maximum atomic E-state index is 2.44. The van der Waals surface area contributed by atoms with Gasteiger partial charge in [-0.05, 0) is 141 Å². The van der Waals surface area contributed by atoms with Crippen LogP contribution in [0, 0.1) is 6.92 Å². The van der Waals surface area contributed by atoms with Gasteiger partial charge in [0.25, 0.3) is 0 Å². The molecule has 0 spiro atoms. The lowest BCUT2D eigenvalue weighted by Crippen LogP contribution is -2.10. The smallest absolute Gasteiger partial charge is 0.0540 e. The molecule has 0 unspecified atom stereocenters. The molecular weight excluding hydrogens is 699 g/mol. The number of hydrogen-bond acceptors (Lipinski definition) is 1. The highest BCUT2D eigenvalue weighted by molar-refractivity contribution is 6.26. The second-order valence-corrected chi connectivity index (χ2v) is 15.7. The van der Waals surface area contributed by atoms with Crippen LogP contribution in [-0.4, -0.2) is 0 Å². The molecule has 0 aliphatic carbocycles. The average Bonchev–Trinajstić information content (AvgIpc) is 3.28. The number of benzene rings is 12. The lowest BCUT2D eigenvalue weighted by molar-refractivity contribution is 1.31. The van der Waals surface area contributed by atoms with E-state index in [1.54, 1.807) is 0 Å². The van der Waals surface area contributed by atoms with Crippen molar-refractivity contribution in [3.63, 3.8) is 0 Å². The monoisotopic (exact) mass is 735 g/mol. The van der Waals surface area contributed by atoms with Crippen molar-refractivity contribution in [2.75, 3.05) is 4.90 Å². The van der Waals surface area contributed by atoms with Gasteiger partial charge in [0.1, 0.15) is 0 Å². The number of anilines is 3. The molecule has 270 valence electrons. The maximum Gasteiger partial charge on any atom is 0.0540 e. The first-order valence-electron chi connectivity index (χ1n) is 20.2. The molecule has 12 aromatic carbocycles. The van der Waals surface area contributed by atoms with Gasteiger partial charge in [-0.1, -0.05) is 170 Å². The third-order valence-electron chi connectivity index (χ3n) is 12.4. The van der Waals surface area contributed by atoms with Crippen LogP contribution in [0.2, 0.25) is 0 Å². The zero-order chi connectivity index (χ0) is 38.3. The van der Waals surface area contributed by atoms with Gasteiger partial charge in [-0.3, -0.25) is 0 Å². The Labute approximate surface area is 337 Å². The first kappa shape index (κ1) is 32.7. The van der Waals surface area contributed by atoms with Crippen LogP contribution >= 0.6 is 0 Å². The summed E-state index contributed by atoms with van der Waals surface area (Å²) in [6.07, 6.45) is 0. The van der Waals surface area contributed by atoms with Crippen LogP contribution in [0.15, 0.2) is 206 Å². The quantitative estimate of drug-likeness (QED) is 0.126. The molecule has 0 amide bonds. The van der Waals surface area contributed by atoms with Gasteiger partial charge in [0.15, 0.2) is 0 Å². The van der Waals surface area contributed by atoms with E-state index in [2.05, 4.69) is 218 Å². The Kier molecular flexibility index (Phi) is 7.21. The number of nitrogens with zero attached hydrogens (tertiary/aromatic N) is 1. The van der Waals surface area contributed by atoms with Crippen molar-refractivity contribution in [1.82, 2.24) is 0 Å². The summed E-state index contributed by atoms with van der Waals surface area (Å²) in [6, 6.07) is 76.4. The fourth-order valence-electron chi connectivity index (χ4n) is 9.91. The van der Waals surface area contributed by atoms with E-state index in [-0.39, 0.29) is 0 Å². The Morgan fingerprint density at radius 1 is 0.293 bits per heavy atom. The van der Waals surface area contributed by atoms with E-state index in [4.69, 9.17) is 0 Å². The Hall–Kier alpha value is -7.48. The predicted octanol–water partition coefficient (Wildman–Crippen LogP) is 16.3. The summed E-state index contributed by atoms with van der Waals surface area (Å²) in [5.74, 6) is 0. The van der Waals surface area contributed by atoms with Gasteiger partial charge >= 0.3 is 0 Å². The molecule has 12 rings (SSSR count). The minimum atomic E-state index is 1.13. The van der Waals surface area contributed by atoms with E-state index in [9.17, 15) is 0 Å². The molecule has 0 saturated heterocycles. The predicted molar refractivity (Wildman–Crippen MR) is 250 cm³/mol. The second-order valence-electron chi connectivity index (χ2n) is 15.7. The summed E-state index contributed by atoms with van der Waals surface area (Å²) >= 11 is 0. The zero-order valence-electron chi connectivity index (χ0n) is 32.1. The van der Waals surface area contributed by atoms with E-state index in [1.165, 1.54) is 109 Å². The molecular formula is C57H37N. The van der Waals surface area contributed by atoms with E-state index < -0.39 is 0 Å². The lowest BCUT2D eigenvalue weighted by atomic mass is 9.84. The van der Waals surface area contributed by atoms with Crippen LogP contribution in [-0.2, 0) is 0 Å². The minimum Gasteiger partial charge on any atom is -0.310 e. The van der Waals surface area contributed by atoms with Crippen LogP contribution in [0.3, 0.4) is 0 Å². The number of hydrogen-bond donors (Lipinski definition) is 0. The third-order valence-corrected chi connectivity index (χ3v) is 12.4. The molecule has 12 aromatic rings. The molecule has 0 saturated carbocycles. The van der Waals surface area contributed by atoms with Gasteiger partial charge < -0.3 is 4.90 Å². The topological polar surface area (TPSA) is 3.24 Å². The van der Waals surface area contributed by atoms with Crippen molar-refractivity contribution in [2.24, 2.45) is 0 Å². The van der Waals surface area contributed by atoms with Gasteiger partial charge in [-0.15, -0.1) is 0 Å². The highest BCUT2D eigenvalue weighted by Gasteiger charge is 2.21. The molecule has 0 fully saturated rings. The van der Waals surface area contributed by atoms with Gasteiger partial charge in [0.05, 0.1) is 5.69 Å². The van der Waals surface area contributed by atoms with Crippen LogP contribution in [0.1, 0.15) is 5.56 Å². The Morgan fingerprint density at radius 2 is 0.828 bits per heavy atom. The summed E-state index contributed by atoms with van der Waals surface area (Å²) in [7, 11) is 0. The molecule has 0 heterocycles. The number of rotatable bonds is 5. The number of para-hydroxylation sites is 1. The fourth-order valence-corrected chi connectivity index (χ4v) is 9.91. The summed E-state index contributed by atoms with van der Waals surface area (Å²) in [5, 5.41) is 17.8. The van der Waals surface area contributed by atoms with Crippen molar-refractivity contribution in [3.8, 4) is 22.3 Å².